The van der Waals surface area contributed by atoms with Crippen LogP contribution in [0.1, 0.15) is 12.1 Å². The van der Waals surface area contributed by atoms with Gasteiger partial charge in [0, 0.05) is 18.0 Å². The van der Waals surface area contributed by atoms with E-state index in [1.54, 1.807) is 6.07 Å². The average molecular weight is 669 g/mol. The fourth-order valence-electron chi connectivity index (χ4n) is 5.33. The number of aromatic nitrogens is 8. The van der Waals surface area contributed by atoms with E-state index in [-0.39, 0.29) is 22.8 Å². The van der Waals surface area contributed by atoms with E-state index in [1.165, 1.54) is 23.3 Å². The van der Waals surface area contributed by atoms with E-state index in [9.17, 15) is 43.8 Å². The van der Waals surface area contributed by atoms with Crippen molar-refractivity contribution in [2.45, 2.75) is 59.6 Å². The first-order valence-electron chi connectivity index (χ1n) is 13.8. The molecule has 6 N–H and O–H groups in total. The zero-order valence-electron chi connectivity index (χ0n) is 23.3. The molecule has 0 amide bonds. The van der Waals surface area contributed by atoms with Gasteiger partial charge in [0.1, 0.15) is 71.0 Å². The lowest BCUT2D eigenvalue weighted by molar-refractivity contribution is -0.189. The third-order valence-electron chi connectivity index (χ3n) is 7.67. The lowest BCUT2D eigenvalue weighted by Crippen LogP contribution is -2.58. The Bertz CT molecular complexity index is 1630. The lowest BCUT2D eigenvalue weighted by Gasteiger charge is -2.46. The van der Waals surface area contributed by atoms with Crippen LogP contribution in [-0.2, 0) is 9.47 Å². The molecule has 4 aromatic rings. The number of halogens is 3. The molecule has 20 heteroatoms. The van der Waals surface area contributed by atoms with Crippen molar-refractivity contribution in [3.8, 4) is 22.8 Å². The first kappa shape index (κ1) is 32.3. The van der Waals surface area contributed by atoms with Crippen molar-refractivity contribution in [1.29, 1.82) is 0 Å². The summed E-state index contributed by atoms with van der Waals surface area (Å²) in [4.78, 5) is 8.19. The van der Waals surface area contributed by atoms with Gasteiger partial charge in [-0.2, -0.15) is 0 Å². The highest BCUT2D eigenvalue weighted by Crippen LogP contribution is 2.42. The molecule has 2 saturated heterocycles. The highest BCUT2D eigenvalue weighted by Gasteiger charge is 2.51. The van der Waals surface area contributed by atoms with E-state index in [0.717, 1.165) is 22.6 Å². The maximum absolute atomic E-state index is 13.8. The van der Waals surface area contributed by atoms with E-state index in [2.05, 4.69) is 30.6 Å². The van der Waals surface area contributed by atoms with Gasteiger partial charge in [0.25, 0.3) is 0 Å². The SMILES string of the molecule is OCC1O[C@@H](SC2O[C@H](CO)C(O)C(n3cc(-c4ncccn4)nn3)[C@H]2O)[C@@H](O)C(n2cc(-c3cc(F)c(F)c(F)c3)nn2)[C@H]1O. The second kappa shape index (κ2) is 13.3. The average Bonchev–Trinajstić information content (AvgIpc) is 3.74. The van der Waals surface area contributed by atoms with Gasteiger partial charge in [0.05, 0.1) is 25.6 Å². The summed E-state index contributed by atoms with van der Waals surface area (Å²) in [6, 6.07) is 0.454. The van der Waals surface area contributed by atoms with Crippen LogP contribution in [0.25, 0.3) is 22.8 Å². The van der Waals surface area contributed by atoms with Gasteiger partial charge < -0.3 is 40.1 Å². The molecule has 16 nitrogen and oxygen atoms in total. The molecule has 46 heavy (non-hydrogen) atoms. The zero-order valence-corrected chi connectivity index (χ0v) is 24.2. The molecule has 0 aliphatic carbocycles. The van der Waals surface area contributed by atoms with Crippen molar-refractivity contribution in [2.75, 3.05) is 13.2 Å². The minimum absolute atomic E-state index is 0.116. The Labute approximate surface area is 261 Å². The van der Waals surface area contributed by atoms with Crippen LogP contribution >= 0.6 is 11.8 Å². The fourth-order valence-corrected chi connectivity index (χ4v) is 6.65. The molecular weight excluding hydrogens is 641 g/mol. The van der Waals surface area contributed by atoms with E-state index in [1.807, 2.05) is 0 Å². The Morgan fingerprint density at radius 2 is 1.20 bits per heavy atom. The van der Waals surface area contributed by atoms with Crippen LogP contribution in [0, 0.1) is 17.5 Å². The van der Waals surface area contributed by atoms with Crippen molar-refractivity contribution < 1.29 is 53.3 Å². The Morgan fingerprint density at radius 3 is 1.70 bits per heavy atom. The molecule has 2 aliphatic heterocycles. The molecule has 0 radical (unpaired) electrons. The summed E-state index contributed by atoms with van der Waals surface area (Å²) < 4.78 is 54.8. The summed E-state index contributed by atoms with van der Waals surface area (Å²) in [6.07, 6.45) is -3.17. The van der Waals surface area contributed by atoms with E-state index < -0.39 is 90.2 Å². The van der Waals surface area contributed by atoms with Gasteiger partial charge in [-0.25, -0.2) is 32.5 Å². The number of hydrogen-bond acceptors (Lipinski definition) is 15. The van der Waals surface area contributed by atoms with Gasteiger partial charge in [0.15, 0.2) is 23.3 Å². The largest absolute Gasteiger partial charge is 0.394 e. The fraction of sp³-hybridized carbons (Fsp3) is 0.462. The van der Waals surface area contributed by atoms with Gasteiger partial charge in [-0.3, -0.25) is 0 Å². The van der Waals surface area contributed by atoms with Crippen LogP contribution in [0.2, 0.25) is 0 Å². The second-order valence-corrected chi connectivity index (χ2v) is 11.7. The molecule has 0 saturated carbocycles. The van der Waals surface area contributed by atoms with Crippen LogP contribution in [0.3, 0.4) is 0 Å². The molecule has 3 aromatic heterocycles. The molecule has 2 aliphatic rings. The topological polar surface area (TPSA) is 227 Å². The lowest BCUT2D eigenvalue weighted by atomic mass is 9.97. The quantitative estimate of drug-likeness (QED) is 0.121. The molecule has 10 atom stereocenters. The van der Waals surface area contributed by atoms with Gasteiger partial charge in [-0.05, 0) is 18.2 Å². The molecule has 0 bridgehead atoms. The first-order valence-corrected chi connectivity index (χ1v) is 14.7. The smallest absolute Gasteiger partial charge is 0.194 e. The Balaban J connectivity index is 1.25. The van der Waals surface area contributed by atoms with Crippen molar-refractivity contribution in [1.82, 2.24) is 40.0 Å². The Hall–Kier alpha value is -3.60. The molecule has 5 unspecified atom stereocenters. The number of ether oxygens (including phenoxy) is 2. The number of nitrogens with zero attached hydrogens (tertiary/aromatic N) is 8. The third kappa shape index (κ3) is 5.98. The van der Waals surface area contributed by atoms with Gasteiger partial charge in [-0.15, -0.1) is 10.2 Å². The van der Waals surface area contributed by atoms with Crippen molar-refractivity contribution in [2.24, 2.45) is 0 Å². The van der Waals surface area contributed by atoms with Gasteiger partial charge >= 0.3 is 0 Å². The number of benzene rings is 1. The molecular formula is C26H27F3N8O8S. The number of rotatable bonds is 8. The minimum atomic E-state index is -1.67. The highest BCUT2D eigenvalue weighted by atomic mass is 32.2. The van der Waals surface area contributed by atoms with E-state index in [0.29, 0.717) is 12.1 Å². The Morgan fingerprint density at radius 1 is 0.717 bits per heavy atom. The van der Waals surface area contributed by atoms with Crippen molar-refractivity contribution >= 4 is 11.8 Å². The molecule has 2 fully saturated rings. The molecule has 0 spiro atoms. The maximum atomic E-state index is 13.8. The summed E-state index contributed by atoms with van der Waals surface area (Å²) >= 11 is 0.731. The maximum Gasteiger partial charge on any atom is 0.194 e. The molecule has 6 rings (SSSR count). The van der Waals surface area contributed by atoms with Crippen LogP contribution in [0.5, 0.6) is 0 Å². The van der Waals surface area contributed by atoms with Crippen LogP contribution in [-0.4, -0.2) is 131 Å². The third-order valence-corrected chi connectivity index (χ3v) is 8.99. The predicted molar refractivity (Wildman–Crippen MR) is 148 cm³/mol. The van der Waals surface area contributed by atoms with Gasteiger partial charge in [0.2, 0.25) is 0 Å². The highest BCUT2D eigenvalue weighted by molar-refractivity contribution is 8.00. The zero-order chi connectivity index (χ0) is 32.7. The van der Waals surface area contributed by atoms with Crippen LogP contribution < -0.4 is 0 Å². The summed E-state index contributed by atoms with van der Waals surface area (Å²) in [7, 11) is 0. The van der Waals surface area contributed by atoms with Gasteiger partial charge in [-0.1, -0.05) is 22.2 Å². The van der Waals surface area contributed by atoms with E-state index in [4.69, 9.17) is 9.47 Å². The normalized spacial score (nSPS) is 31.7. The minimum Gasteiger partial charge on any atom is -0.394 e. The summed E-state index contributed by atoms with van der Waals surface area (Å²) in [5, 5.41) is 80.2. The van der Waals surface area contributed by atoms with Crippen LogP contribution in [0.4, 0.5) is 13.2 Å². The molecule has 1 aromatic carbocycles. The van der Waals surface area contributed by atoms with Crippen molar-refractivity contribution in [3.63, 3.8) is 0 Å². The second-order valence-electron chi connectivity index (χ2n) is 10.5. The summed E-state index contributed by atoms with van der Waals surface area (Å²) in [6.45, 7) is -1.37. The summed E-state index contributed by atoms with van der Waals surface area (Å²) in [5.74, 6) is -4.35. The molecule has 5 heterocycles. The number of aliphatic hydroxyl groups excluding tert-OH is 6. The van der Waals surface area contributed by atoms with Crippen LogP contribution in [0.15, 0.2) is 43.0 Å². The first-order chi connectivity index (χ1) is 22.1. The van der Waals surface area contributed by atoms with Crippen molar-refractivity contribution in [3.05, 3.63) is 60.4 Å². The summed E-state index contributed by atoms with van der Waals surface area (Å²) in [5.41, 5.74) is -2.65. The molecule has 246 valence electrons. The number of thioether (sulfide) groups is 1. The van der Waals surface area contributed by atoms with E-state index >= 15 is 0 Å². The standard InChI is InChI=1S/C26H27F3N8O8S/c27-11-4-10(5-12(28)17(11)29)13-6-36(34-32-13)18-20(40)15(8-38)44-25(22(18)42)46-26-23(43)19(21(41)16(9-39)45-26)37-7-14(33-35-37)24-30-2-1-3-31-24/h1-7,15-16,18-23,25-26,38-43H,8-9H2/t15?,16-,18?,19?,20+,21?,22+,23-,25+,26?/m1/s1. The monoisotopic (exact) mass is 668 g/mol. The predicted octanol–water partition coefficient (Wildman–Crippen LogP) is -1.20. The number of aliphatic hydroxyl groups is 6. The number of hydrogen-bond donors (Lipinski definition) is 6. The Kier molecular flexibility index (Phi) is 9.32.